The molecule has 1 N–H and O–H groups in total. The van der Waals surface area contributed by atoms with Gasteiger partial charge in [0.15, 0.2) is 5.82 Å². The van der Waals surface area contributed by atoms with E-state index in [1.165, 1.54) is 17.1 Å². The van der Waals surface area contributed by atoms with Gasteiger partial charge in [-0.25, -0.2) is 9.78 Å². The molecular formula is C21H25N7O5. The van der Waals surface area contributed by atoms with Gasteiger partial charge in [0.1, 0.15) is 18.5 Å². The number of pyridine rings is 1. The van der Waals surface area contributed by atoms with Crippen LogP contribution in [0.15, 0.2) is 36.4 Å². The quantitative estimate of drug-likeness (QED) is 0.594. The van der Waals surface area contributed by atoms with Gasteiger partial charge in [0.2, 0.25) is 0 Å². The van der Waals surface area contributed by atoms with E-state index in [9.17, 15) is 14.7 Å². The summed E-state index contributed by atoms with van der Waals surface area (Å²) in [7, 11) is 0. The molecule has 12 heteroatoms. The number of tetrazole rings is 1. The van der Waals surface area contributed by atoms with Crippen LogP contribution in [-0.4, -0.2) is 96.5 Å². The van der Waals surface area contributed by atoms with Crippen molar-refractivity contribution in [3.63, 3.8) is 0 Å². The van der Waals surface area contributed by atoms with Crippen molar-refractivity contribution in [2.45, 2.75) is 37.5 Å². The fourth-order valence-corrected chi connectivity index (χ4v) is 4.55. The number of aromatic nitrogens is 5. The highest BCUT2D eigenvalue weighted by molar-refractivity contribution is 5.91. The van der Waals surface area contributed by atoms with Crippen LogP contribution in [-0.2, 0) is 19.1 Å². The van der Waals surface area contributed by atoms with Gasteiger partial charge in [0.05, 0.1) is 24.4 Å². The fraction of sp³-hybridized carbons (Fsp3) is 0.524. The van der Waals surface area contributed by atoms with Gasteiger partial charge in [-0.05, 0) is 36.3 Å². The number of amides is 1. The first kappa shape index (κ1) is 21.6. The third-order valence-electron chi connectivity index (χ3n) is 6.44. The molecule has 5 rings (SSSR count). The number of carbonyl (C=O) groups is 2. The Kier molecular flexibility index (Phi) is 5.64. The Labute approximate surface area is 189 Å². The Hall–Kier alpha value is -3.22. The van der Waals surface area contributed by atoms with E-state index in [2.05, 4.69) is 25.4 Å². The Bertz CT molecular complexity index is 1050. The number of morpholine rings is 1. The van der Waals surface area contributed by atoms with Crippen molar-refractivity contribution < 1.29 is 24.2 Å². The maximum Gasteiger partial charge on any atom is 0.333 e. The van der Waals surface area contributed by atoms with Crippen molar-refractivity contribution in [1.29, 1.82) is 0 Å². The van der Waals surface area contributed by atoms with E-state index in [0.717, 1.165) is 0 Å². The zero-order chi connectivity index (χ0) is 23.0. The Morgan fingerprint density at radius 2 is 2.09 bits per heavy atom. The van der Waals surface area contributed by atoms with Crippen molar-refractivity contribution in [1.82, 2.24) is 35.0 Å². The summed E-state index contributed by atoms with van der Waals surface area (Å²) >= 11 is 0. The first-order valence-corrected chi connectivity index (χ1v) is 10.9. The molecule has 2 fully saturated rings. The van der Waals surface area contributed by atoms with Gasteiger partial charge >= 0.3 is 5.97 Å². The summed E-state index contributed by atoms with van der Waals surface area (Å²) < 4.78 is 12.5. The maximum atomic E-state index is 13.4. The number of nitrogens with zero attached hydrogens (tertiary/aromatic N) is 7. The van der Waals surface area contributed by atoms with Gasteiger partial charge in [-0.3, -0.25) is 4.79 Å². The molecule has 2 atom stereocenters. The zero-order valence-corrected chi connectivity index (χ0v) is 18.2. The molecule has 1 amide bonds. The average molecular weight is 455 g/mol. The Balaban J connectivity index is 1.20. The van der Waals surface area contributed by atoms with E-state index in [0.29, 0.717) is 56.2 Å². The van der Waals surface area contributed by atoms with Crippen LogP contribution in [0.5, 0.6) is 0 Å². The van der Waals surface area contributed by atoms with Crippen molar-refractivity contribution in [3.05, 3.63) is 42.0 Å². The number of β-amino-alcohol motifs (C(OH)–C–C–N with tert-alkyl or cyclic N) is 1. The Morgan fingerprint density at radius 3 is 2.73 bits per heavy atom. The van der Waals surface area contributed by atoms with Gasteiger partial charge < -0.3 is 24.4 Å². The lowest BCUT2D eigenvalue weighted by atomic mass is 9.87. The summed E-state index contributed by atoms with van der Waals surface area (Å²) in [6, 6.07) is 3.38. The molecule has 0 aliphatic carbocycles. The molecule has 2 saturated heterocycles. The second-order valence-electron chi connectivity index (χ2n) is 8.59. The largest absolute Gasteiger partial charge is 0.456 e. The molecule has 174 valence electrons. The number of carbonyl (C=O) groups excluding carboxylic acids is 2. The van der Waals surface area contributed by atoms with E-state index in [1.807, 2.05) is 6.92 Å². The fourth-order valence-electron chi connectivity index (χ4n) is 4.55. The molecule has 0 radical (unpaired) electrons. The number of hydrogen-bond donors (Lipinski definition) is 1. The van der Waals surface area contributed by atoms with Gasteiger partial charge in [-0.2, -0.15) is 4.68 Å². The molecule has 0 aromatic carbocycles. The number of ether oxygens (including phenoxy) is 2. The summed E-state index contributed by atoms with van der Waals surface area (Å²) in [6.45, 7) is 4.05. The molecule has 12 nitrogen and oxygen atoms in total. The van der Waals surface area contributed by atoms with Crippen LogP contribution in [0.25, 0.3) is 5.82 Å². The predicted octanol–water partition coefficient (Wildman–Crippen LogP) is -0.387. The first-order chi connectivity index (χ1) is 15.9. The Morgan fingerprint density at radius 1 is 1.27 bits per heavy atom. The van der Waals surface area contributed by atoms with Gasteiger partial charge in [0, 0.05) is 37.5 Å². The van der Waals surface area contributed by atoms with Crippen molar-refractivity contribution in [3.8, 4) is 5.82 Å². The molecule has 5 heterocycles. The lowest BCUT2D eigenvalue weighted by molar-refractivity contribution is -0.184. The highest BCUT2D eigenvalue weighted by Crippen LogP contribution is 2.36. The molecule has 3 aliphatic heterocycles. The summed E-state index contributed by atoms with van der Waals surface area (Å²) in [5, 5.41) is 21.7. The molecule has 0 saturated carbocycles. The maximum absolute atomic E-state index is 13.4. The topological polar surface area (TPSA) is 136 Å². The molecule has 3 aliphatic rings. The van der Waals surface area contributed by atoms with E-state index >= 15 is 0 Å². The smallest absolute Gasteiger partial charge is 0.333 e. The number of esters is 1. The molecule has 2 unspecified atom stereocenters. The summed E-state index contributed by atoms with van der Waals surface area (Å²) in [6.07, 6.45) is 4.75. The summed E-state index contributed by atoms with van der Waals surface area (Å²) in [5.41, 5.74) is 0.376. The van der Waals surface area contributed by atoms with Crippen LogP contribution >= 0.6 is 0 Å². The van der Waals surface area contributed by atoms with Gasteiger partial charge in [0.25, 0.3) is 5.91 Å². The number of rotatable bonds is 5. The van der Waals surface area contributed by atoms with E-state index in [4.69, 9.17) is 9.47 Å². The number of piperidine rings is 1. The van der Waals surface area contributed by atoms with Crippen molar-refractivity contribution in [2.75, 3.05) is 32.8 Å². The van der Waals surface area contributed by atoms with Crippen LogP contribution < -0.4 is 0 Å². The van der Waals surface area contributed by atoms with Crippen LogP contribution in [0.4, 0.5) is 0 Å². The molecule has 2 aromatic rings. The predicted molar refractivity (Wildman–Crippen MR) is 112 cm³/mol. The normalized spacial score (nSPS) is 24.1. The number of aliphatic hydroxyl groups is 1. The molecule has 33 heavy (non-hydrogen) atoms. The average Bonchev–Trinajstić information content (AvgIpc) is 3.51. The minimum Gasteiger partial charge on any atom is -0.456 e. The van der Waals surface area contributed by atoms with Crippen LogP contribution in [0.2, 0.25) is 0 Å². The summed E-state index contributed by atoms with van der Waals surface area (Å²) in [5.74, 6) is 0.0234. The van der Waals surface area contributed by atoms with Gasteiger partial charge in [-0.15, -0.1) is 5.10 Å². The van der Waals surface area contributed by atoms with E-state index in [1.54, 1.807) is 23.2 Å². The van der Waals surface area contributed by atoms with Gasteiger partial charge in [-0.1, -0.05) is 6.07 Å². The second-order valence-corrected chi connectivity index (χ2v) is 8.59. The second kappa shape index (κ2) is 8.61. The zero-order valence-electron chi connectivity index (χ0n) is 18.2. The minimum absolute atomic E-state index is 0.115. The highest BCUT2D eigenvalue weighted by atomic mass is 16.5. The molecule has 0 bridgehead atoms. The monoisotopic (exact) mass is 455 g/mol. The SMILES string of the molecule is CC1COC2(CCN(CC(O)c3ccc(-n4cnnn4)nc3)CC2)C(=O)N1C1=CC(=O)OC1. The van der Waals surface area contributed by atoms with Crippen molar-refractivity contribution >= 4 is 11.9 Å². The first-order valence-electron chi connectivity index (χ1n) is 10.9. The number of likely N-dealkylation sites (tertiary alicyclic amines) is 1. The third kappa shape index (κ3) is 4.12. The summed E-state index contributed by atoms with van der Waals surface area (Å²) in [4.78, 5) is 33.0. The van der Waals surface area contributed by atoms with Crippen LogP contribution in [0.1, 0.15) is 31.4 Å². The number of hydrogen-bond acceptors (Lipinski definition) is 10. The highest BCUT2D eigenvalue weighted by Gasteiger charge is 2.50. The number of aliphatic hydroxyl groups excluding tert-OH is 1. The lowest BCUT2D eigenvalue weighted by Crippen LogP contribution is -2.63. The molecule has 1 spiro atoms. The molecule has 2 aromatic heterocycles. The van der Waals surface area contributed by atoms with Crippen LogP contribution in [0.3, 0.4) is 0 Å². The van der Waals surface area contributed by atoms with Crippen molar-refractivity contribution in [2.24, 2.45) is 0 Å². The van der Waals surface area contributed by atoms with Crippen LogP contribution in [0, 0.1) is 0 Å². The van der Waals surface area contributed by atoms with E-state index < -0.39 is 17.7 Å². The lowest BCUT2D eigenvalue weighted by Gasteiger charge is -2.48. The number of cyclic esters (lactones) is 1. The minimum atomic E-state index is -0.907. The molecular weight excluding hydrogens is 430 g/mol. The standard InChI is InChI=1S/C21H25N7O5/c1-14-11-33-21(20(31)28(14)16-8-19(30)32-12-16)4-6-26(7-5-21)10-17(29)15-2-3-18(22-9-15)27-13-23-24-25-27/h2-3,8-9,13-14,17,29H,4-7,10-12H2,1H3. The third-order valence-corrected chi connectivity index (χ3v) is 6.44. The van der Waals surface area contributed by atoms with E-state index in [-0.39, 0.29) is 18.6 Å².